The number of carbonyl (C=O) groups excluding carboxylic acids is 1. The molecule has 18 heavy (non-hydrogen) atoms. The minimum atomic E-state index is -0.496. The van der Waals surface area contributed by atoms with Crippen LogP contribution in [0.25, 0.3) is 0 Å². The first-order chi connectivity index (χ1) is 8.49. The molecule has 2 heterocycles. The maximum Gasteiger partial charge on any atom is 0.277 e. The number of hydrogen-bond donors (Lipinski definition) is 2. The number of rotatable bonds is 2. The Balaban J connectivity index is 2.35. The van der Waals surface area contributed by atoms with Gasteiger partial charge in [-0.2, -0.15) is 5.10 Å². The molecule has 0 radical (unpaired) electrons. The summed E-state index contributed by atoms with van der Waals surface area (Å²) in [6, 6.07) is 0. The number of nitrogens with one attached hydrogen (secondary N) is 2. The third-order valence-corrected chi connectivity index (χ3v) is 3.41. The van der Waals surface area contributed by atoms with E-state index in [1.165, 1.54) is 11.3 Å². The lowest BCUT2D eigenvalue weighted by Crippen LogP contribution is -2.26. The van der Waals surface area contributed by atoms with Crippen molar-refractivity contribution in [3.63, 3.8) is 0 Å². The Hall–Kier alpha value is -2.02. The summed E-state index contributed by atoms with van der Waals surface area (Å²) >= 11 is 1.32. The fourth-order valence-electron chi connectivity index (χ4n) is 1.47. The van der Waals surface area contributed by atoms with Crippen molar-refractivity contribution in [2.24, 2.45) is 0 Å². The maximum atomic E-state index is 12.0. The number of hydrogen-bond acceptors (Lipinski definition) is 5. The number of aryl methyl sites for hydroxylation is 2. The second kappa shape index (κ2) is 4.69. The van der Waals surface area contributed by atoms with Gasteiger partial charge in [-0.25, -0.2) is 10.1 Å². The van der Waals surface area contributed by atoms with Crippen molar-refractivity contribution in [3.05, 3.63) is 38.2 Å². The molecule has 2 aromatic rings. The molecule has 6 nitrogen and oxygen atoms in total. The zero-order chi connectivity index (χ0) is 13.3. The topological polar surface area (TPSA) is 87.7 Å². The van der Waals surface area contributed by atoms with Gasteiger partial charge >= 0.3 is 0 Å². The predicted octanol–water partition coefficient (Wildman–Crippen LogP) is 1.40. The molecule has 0 aliphatic carbocycles. The summed E-state index contributed by atoms with van der Waals surface area (Å²) in [4.78, 5) is 27.8. The van der Waals surface area contributed by atoms with Crippen LogP contribution < -0.4 is 10.9 Å². The molecule has 0 fully saturated rings. The highest BCUT2D eigenvalue weighted by Crippen LogP contribution is 2.16. The van der Waals surface area contributed by atoms with Gasteiger partial charge in [-0.3, -0.25) is 14.9 Å². The van der Waals surface area contributed by atoms with Crippen LogP contribution in [0, 0.1) is 20.8 Å². The first kappa shape index (κ1) is 12.4. The first-order valence-electron chi connectivity index (χ1n) is 5.28. The van der Waals surface area contributed by atoms with E-state index in [2.05, 4.69) is 20.5 Å². The molecule has 0 unspecified atom stereocenters. The number of nitrogens with zero attached hydrogens (tertiary/aromatic N) is 2. The van der Waals surface area contributed by atoms with Crippen LogP contribution in [0.15, 0.2) is 10.2 Å². The van der Waals surface area contributed by atoms with Gasteiger partial charge in [-0.1, -0.05) is 0 Å². The van der Waals surface area contributed by atoms with Gasteiger partial charge < -0.3 is 0 Å². The zero-order valence-corrected chi connectivity index (χ0v) is 11.0. The molecule has 0 atom stereocenters. The van der Waals surface area contributed by atoms with E-state index in [9.17, 15) is 9.59 Å². The molecule has 0 spiro atoms. The largest absolute Gasteiger partial charge is 0.298 e. The van der Waals surface area contributed by atoms with Gasteiger partial charge in [0.1, 0.15) is 5.56 Å². The Morgan fingerprint density at radius 2 is 2.11 bits per heavy atom. The Bertz CT molecular complexity index is 659. The average Bonchev–Trinajstić information content (AvgIpc) is 2.70. The van der Waals surface area contributed by atoms with Crippen LogP contribution in [0.1, 0.15) is 27.3 Å². The van der Waals surface area contributed by atoms with Gasteiger partial charge in [0.2, 0.25) is 0 Å². The van der Waals surface area contributed by atoms with E-state index >= 15 is 0 Å². The molecular formula is C11H12N4O2S. The number of amides is 1. The number of H-pyrrole nitrogens is 1. The van der Waals surface area contributed by atoms with Crippen LogP contribution in [-0.4, -0.2) is 21.1 Å². The Morgan fingerprint density at radius 1 is 1.39 bits per heavy atom. The van der Waals surface area contributed by atoms with Gasteiger partial charge in [0.05, 0.1) is 11.4 Å². The lowest BCUT2D eigenvalue weighted by molar-refractivity contribution is 0.102. The van der Waals surface area contributed by atoms with Crippen LogP contribution in [0.5, 0.6) is 0 Å². The van der Waals surface area contributed by atoms with Gasteiger partial charge in [0, 0.05) is 5.38 Å². The Kier molecular flexibility index (Phi) is 3.24. The monoisotopic (exact) mass is 264 g/mol. The minimum absolute atomic E-state index is 0.0790. The minimum Gasteiger partial charge on any atom is -0.298 e. The predicted molar refractivity (Wildman–Crippen MR) is 69.1 cm³/mol. The molecule has 0 saturated carbocycles. The first-order valence-corrected chi connectivity index (χ1v) is 6.16. The van der Waals surface area contributed by atoms with Crippen LogP contribution in [0.3, 0.4) is 0 Å². The summed E-state index contributed by atoms with van der Waals surface area (Å²) in [6.07, 6.45) is 0. The second-order valence-corrected chi connectivity index (χ2v) is 4.74. The van der Waals surface area contributed by atoms with E-state index in [4.69, 9.17) is 0 Å². The van der Waals surface area contributed by atoms with Crippen molar-refractivity contribution in [1.82, 2.24) is 15.2 Å². The molecule has 94 valence electrons. The van der Waals surface area contributed by atoms with E-state index in [1.807, 2.05) is 12.3 Å². The molecule has 0 bridgehead atoms. The number of thiazole rings is 1. The van der Waals surface area contributed by atoms with Crippen molar-refractivity contribution >= 4 is 22.4 Å². The lowest BCUT2D eigenvalue weighted by atomic mass is 10.1. The van der Waals surface area contributed by atoms with Crippen LogP contribution in [0.2, 0.25) is 0 Å². The molecule has 2 N–H and O–H groups in total. The highest BCUT2D eigenvalue weighted by molar-refractivity contribution is 7.13. The molecule has 0 saturated heterocycles. The molecule has 1 amide bonds. The number of carbonyl (C=O) groups is 1. The standard InChI is InChI=1S/C11H12N4O2S/c1-5-4-18-11(12-5)13-9(16)8-6(2)7(3)14-15-10(8)17/h4H,1-3H3,(H,15,17)(H,12,13,16). The van der Waals surface area contributed by atoms with E-state index in [1.54, 1.807) is 13.8 Å². The molecule has 7 heteroatoms. The van der Waals surface area contributed by atoms with Gasteiger partial charge in [-0.05, 0) is 26.3 Å². The van der Waals surface area contributed by atoms with E-state index in [0.717, 1.165) is 5.69 Å². The fourth-order valence-corrected chi connectivity index (χ4v) is 2.15. The van der Waals surface area contributed by atoms with Crippen molar-refractivity contribution in [2.75, 3.05) is 5.32 Å². The van der Waals surface area contributed by atoms with E-state index in [-0.39, 0.29) is 5.56 Å². The van der Waals surface area contributed by atoms with Crippen molar-refractivity contribution in [3.8, 4) is 0 Å². The normalized spacial score (nSPS) is 10.4. The summed E-state index contributed by atoms with van der Waals surface area (Å²) in [7, 11) is 0. The third-order valence-electron chi connectivity index (χ3n) is 2.54. The van der Waals surface area contributed by atoms with Crippen molar-refractivity contribution in [2.45, 2.75) is 20.8 Å². The summed E-state index contributed by atoms with van der Waals surface area (Å²) in [5, 5.41) is 11.0. The average molecular weight is 264 g/mol. The Morgan fingerprint density at radius 3 is 2.72 bits per heavy atom. The lowest BCUT2D eigenvalue weighted by Gasteiger charge is -2.05. The highest BCUT2D eigenvalue weighted by atomic mass is 32.1. The molecule has 0 aliphatic heterocycles. The molecule has 2 rings (SSSR count). The summed E-state index contributed by atoms with van der Waals surface area (Å²) in [5.41, 5.74) is 1.60. The summed E-state index contributed by atoms with van der Waals surface area (Å²) in [5.74, 6) is -0.464. The van der Waals surface area contributed by atoms with E-state index in [0.29, 0.717) is 16.4 Å². The van der Waals surface area contributed by atoms with Crippen LogP contribution in [-0.2, 0) is 0 Å². The molecule has 0 aliphatic rings. The SMILES string of the molecule is Cc1csc(NC(=O)c2c(C)c(C)n[nH]c2=O)n1. The smallest absolute Gasteiger partial charge is 0.277 e. The van der Waals surface area contributed by atoms with Crippen molar-refractivity contribution < 1.29 is 4.79 Å². The number of anilines is 1. The quantitative estimate of drug-likeness (QED) is 0.858. The summed E-state index contributed by atoms with van der Waals surface area (Å²) < 4.78 is 0. The van der Waals surface area contributed by atoms with Gasteiger partial charge in [-0.15, -0.1) is 11.3 Å². The molecule has 0 aromatic carbocycles. The summed E-state index contributed by atoms with van der Waals surface area (Å²) in [6.45, 7) is 5.26. The second-order valence-electron chi connectivity index (χ2n) is 3.89. The van der Waals surface area contributed by atoms with Crippen LogP contribution >= 0.6 is 11.3 Å². The number of aromatic nitrogens is 3. The van der Waals surface area contributed by atoms with Crippen LogP contribution in [0.4, 0.5) is 5.13 Å². The van der Waals surface area contributed by atoms with Gasteiger partial charge in [0.25, 0.3) is 11.5 Å². The molecule has 2 aromatic heterocycles. The van der Waals surface area contributed by atoms with Gasteiger partial charge in [0.15, 0.2) is 5.13 Å². The van der Waals surface area contributed by atoms with Crippen molar-refractivity contribution in [1.29, 1.82) is 0 Å². The fraction of sp³-hybridized carbons (Fsp3) is 0.273. The zero-order valence-electron chi connectivity index (χ0n) is 10.2. The third kappa shape index (κ3) is 2.30. The number of aromatic amines is 1. The maximum absolute atomic E-state index is 12.0. The van der Waals surface area contributed by atoms with E-state index < -0.39 is 11.5 Å². The Labute approximate surface area is 107 Å². The highest BCUT2D eigenvalue weighted by Gasteiger charge is 2.17. The molecular weight excluding hydrogens is 252 g/mol.